The second-order valence-corrected chi connectivity index (χ2v) is 13.5. The summed E-state index contributed by atoms with van der Waals surface area (Å²) >= 11 is 0. The van der Waals surface area contributed by atoms with Crippen LogP contribution in [0.4, 0.5) is 11.4 Å². The van der Waals surface area contributed by atoms with Gasteiger partial charge in [0.25, 0.3) is 24.3 Å². The minimum absolute atomic E-state index is 0.0527. The van der Waals surface area contributed by atoms with Crippen molar-refractivity contribution < 1.29 is 73.2 Å². The van der Waals surface area contributed by atoms with Gasteiger partial charge in [-0.2, -0.15) is 9.13 Å². The number of esters is 1. The maximum absolute atomic E-state index is 12.9. The van der Waals surface area contributed by atoms with Crippen molar-refractivity contribution in [3.8, 4) is 0 Å². The van der Waals surface area contributed by atoms with Gasteiger partial charge in [0.15, 0.2) is 42.8 Å². The van der Waals surface area contributed by atoms with Gasteiger partial charge in [0.1, 0.15) is 35.5 Å². The number of carbonyl (C=O) groups is 4. The molecule has 17 heteroatoms. The summed E-state index contributed by atoms with van der Waals surface area (Å²) in [5.41, 5.74) is 3.43. The SMILES string of the molecule is CC(=O)c1ccc(N(C)C(=O)c2ccc[n+]([C@@H]3O[C@H](CO)[C@@H](O)[C@H]3O)c2)cc1.COC(=O)c1ccc(NC(=O)c2ccc[n+]([C@@H]3O[C@H](CO)[C@@H](O)[C@H]3O)c2)c(C)c1. The quantitative estimate of drug-likeness (QED) is 0.0637. The van der Waals surface area contributed by atoms with E-state index >= 15 is 0 Å². The number of aliphatic hydroxyl groups excluding tert-OH is 6. The highest BCUT2D eigenvalue weighted by Crippen LogP contribution is 2.27. The van der Waals surface area contributed by atoms with Gasteiger partial charge in [0.05, 0.1) is 25.9 Å². The molecule has 6 rings (SSSR count). The normalized spacial score (nSPS) is 23.9. The van der Waals surface area contributed by atoms with E-state index in [1.807, 2.05) is 0 Å². The van der Waals surface area contributed by atoms with Gasteiger partial charge < -0.3 is 55.1 Å². The molecule has 2 fully saturated rings. The van der Waals surface area contributed by atoms with Crippen LogP contribution in [-0.4, -0.2) is 118 Å². The Hall–Kier alpha value is -5.50. The van der Waals surface area contributed by atoms with Crippen LogP contribution in [0.3, 0.4) is 0 Å². The van der Waals surface area contributed by atoms with E-state index in [1.165, 1.54) is 40.5 Å². The van der Waals surface area contributed by atoms with Crippen molar-refractivity contribution in [1.29, 1.82) is 0 Å². The molecule has 0 radical (unpaired) electrons. The third kappa shape index (κ3) is 9.55. The topological polar surface area (TPSA) is 240 Å². The van der Waals surface area contributed by atoms with Crippen LogP contribution in [0.15, 0.2) is 91.5 Å². The molecule has 4 heterocycles. The van der Waals surface area contributed by atoms with Gasteiger partial charge >= 0.3 is 5.97 Å². The maximum atomic E-state index is 12.9. The molecule has 0 unspecified atom stereocenters. The Morgan fingerprint density at radius 3 is 1.72 bits per heavy atom. The first-order chi connectivity index (χ1) is 27.2. The zero-order valence-corrected chi connectivity index (χ0v) is 31.6. The highest BCUT2D eigenvalue weighted by atomic mass is 16.6. The van der Waals surface area contributed by atoms with Crippen molar-refractivity contribution >= 4 is 34.9 Å². The Kier molecular flexibility index (Phi) is 13.9. The molecule has 2 aliphatic rings. The molecular weight excluding hydrogens is 744 g/mol. The predicted molar refractivity (Wildman–Crippen MR) is 199 cm³/mol. The van der Waals surface area contributed by atoms with Crippen molar-refractivity contribution in [2.75, 3.05) is 37.6 Å². The van der Waals surface area contributed by atoms with E-state index < -0.39 is 74.2 Å². The monoisotopic (exact) mass is 790 g/mol. The van der Waals surface area contributed by atoms with Crippen molar-refractivity contribution in [1.82, 2.24) is 0 Å². The zero-order chi connectivity index (χ0) is 41.6. The lowest BCUT2D eigenvalue weighted by Crippen LogP contribution is -2.46. The molecule has 0 saturated carbocycles. The number of anilines is 2. The van der Waals surface area contributed by atoms with Crippen LogP contribution >= 0.6 is 0 Å². The summed E-state index contributed by atoms with van der Waals surface area (Å²) < 4.78 is 18.6. The summed E-state index contributed by atoms with van der Waals surface area (Å²) in [4.78, 5) is 50.0. The first kappa shape index (κ1) is 42.6. The smallest absolute Gasteiger partial charge is 0.337 e. The van der Waals surface area contributed by atoms with Crippen LogP contribution in [0.5, 0.6) is 0 Å². The van der Waals surface area contributed by atoms with E-state index in [0.717, 1.165) is 0 Å². The molecule has 57 heavy (non-hydrogen) atoms. The molecule has 2 aromatic carbocycles. The largest absolute Gasteiger partial charge is 0.465 e. The Balaban J connectivity index is 0.000000218. The van der Waals surface area contributed by atoms with Crippen LogP contribution in [0.2, 0.25) is 0 Å². The molecule has 2 aromatic heterocycles. The Bertz CT molecular complexity index is 2080. The van der Waals surface area contributed by atoms with E-state index in [9.17, 15) is 49.8 Å². The zero-order valence-electron chi connectivity index (χ0n) is 31.6. The average molecular weight is 791 g/mol. The number of ketones is 1. The summed E-state index contributed by atoms with van der Waals surface area (Å²) in [6, 6.07) is 17.9. The highest BCUT2D eigenvalue weighted by molar-refractivity contribution is 6.06. The predicted octanol–water partition coefficient (Wildman–Crippen LogP) is -0.00228. The number of aliphatic hydroxyl groups is 6. The number of amides is 2. The van der Waals surface area contributed by atoms with Gasteiger partial charge in [-0.15, -0.1) is 0 Å². The number of pyridine rings is 2. The van der Waals surface area contributed by atoms with Crippen molar-refractivity contribution in [3.63, 3.8) is 0 Å². The maximum Gasteiger partial charge on any atom is 0.337 e. The third-order valence-corrected chi connectivity index (χ3v) is 9.64. The number of hydrogen-bond acceptors (Lipinski definition) is 13. The molecule has 2 saturated heterocycles. The number of Topliss-reactive ketones (excluding diaryl/α,β-unsaturated/α-hetero) is 1. The molecule has 0 spiro atoms. The number of methoxy groups -OCH3 is 1. The fourth-order valence-electron chi connectivity index (χ4n) is 6.29. The number of aryl methyl sites for hydroxylation is 1. The number of aromatic nitrogens is 2. The molecule has 4 aromatic rings. The Morgan fingerprint density at radius 1 is 0.737 bits per heavy atom. The summed E-state index contributed by atoms with van der Waals surface area (Å²) in [7, 11) is 2.92. The van der Waals surface area contributed by atoms with E-state index in [1.54, 1.807) is 93.1 Å². The van der Waals surface area contributed by atoms with Gasteiger partial charge in [0.2, 0.25) is 0 Å². The van der Waals surface area contributed by atoms with Crippen LogP contribution in [0.25, 0.3) is 0 Å². The number of hydrogen-bond donors (Lipinski definition) is 7. The van der Waals surface area contributed by atoms with E-state index in [4.69, 9.17) is 9.47 Å². The van der Waals surface area contributed by atoms with Crippen molar-refractivity contribution in [2.45, 2.75) is 62.9 Å². The number of carbonyl (C=O) groups excluding carboxylic acids is 4. The number of ether oxygens (including phenoxy) is 3. The number of benzene rings is 2. The van der Waals surface area contributed by atoms with Crippen LogP contribution in [-0.2, 0) is 14.2 Å². The highest BCUT2D eigenvalue weighted by Gasteiger charge is 2.49. The van der Waals surface area contributed by atoms with Crippen LogP contribution in [0, 0.1) is 6.92 Å². The minimum Gasteiger partial charge on any atom is -0.465 e. The lowest BCUT2D eigenvalue weighted by molar-refractivity contribution is -0.766. The molecule has 302 valence electrons. The fourth-order valence-corrected chi connectivity index (χ4v) is 6.29. The van der Waals surface area contributed by atoms with Gasteiger partial charge in [-0.3, -0.25) is 14.4 Å². The van der Waals surface area contributed by atoms with Crippen molar-refractivity contribution in [3.05, 3.63) is 119 Å². The van der Waals surface area contributed by atoms with Gasteiger partial charge in [0, 0.05) is 36.1 Å². The summed E-state index contributed by atoms with van der Waals surface area (Å²) in [6.45, 7) is 2.37. The van der Waals surface area contributed by atoms with E-state index in [2.05, 4.69) is 10.1 Å². The summed E-state index contributed by atoms with van der Waals surface area (Å²) in [5.74, 6) is -1.21. The number of rotatable bonds is 10. The second kappa shape index (κ2) is 18.6. The Morgan fingerprint density at radius 2 is 1.25 bits per heavy atom. The second-order valence-electron chi connectivity index (χ2n) is 13.5. The number of nitrogens with zero attached hydrogens (tertiary/aromatic N) is 3. The molecule has 2 aliphatic heterocycles. The molecular formula is C40H46N4O13+2. The lowest BCUT2D eigenvalue weighted by atomic mass is 10.1. The average Bonchev–Trinajstić information content (AvgIpc) is 3.69. The molecule has 7 N–H and O–H groups in total. The molecule has 17 nitrogen and oxygen atoms in total. The molecule has 8 atom stereocenters. The fraction of sp³-hybridized carbons (Fsp3) is 0.350. The summed E-state index contributed by atoms with van der Waals surface area (Å²) in [5, 5.41) is 61.4. The van der Waals surface area contributed by atoms with Crippen LogP contribution < -0.4 is 19.4 Å². The van der Waals surface area contributed by atoms with Crippen LogP contribution in [0.1, 0.15) is 66.4 Å². The van der Waals surface area contributed by atoms with Gasteiger partial charge in [-0.05, 0) is 74.0 Å². The molecule has 0 bridgehead atoms. The van der Waals surface area contributed by atoms with E-state index in [0.29, 0.717) is 39.2 Å². The first-order valence-corrected chi connectivity index (χ1v) is 17.8. The van der Waals surface area contributed by atoms with Crippen molar-refractivity contribution in [2.24, 2.45) is 0 Å². The molecule has 2 amide bonds. The summed E-state index contributed by atoms with van der Waals surface area (Å²) in [6.07, 6.45) is -2.38. The third-order valence-electron chi connectivity index (χ3n) is 9.64. The first-order valence-electron chi connectivity index (χ1n) is 17.8. The number of nitrogens with one attached hydrogen (secondary N) is 1. The lowest BCUT2D eigenvalue weighted by Gasteiger charge is -2.17. The standard InChI is InChI=1S/C20H22N2O7.C20H23N2O6/c1-11-8-12(20(27)28-2)5-6-14(11)21-18(26)13-4-3-7-22(9-13)19-17(25)16(24)15(10-23)29-19;1-12(24)13-5-7-15(8-6-13)21(2)19(27)14-4-3-9-22(10-14)20-18(26)17(25)16(11-23)28-20/h3-9,15-17,19,23-25H,10H2,1-2H3;3-10,16-18,20,23,25-26H,11H2,1-2H3/q;+1/p+1/t15-,16-,17-,19-;16-,17-,18-,20-/m11/s1. The van der Waals surface area contributed by atoms with Gasteiger partial charge in [-0.25, -0.2) is 4.79 Å². The van der Waals surface area contributed by atoms with E-state index in [-0.39, 0.29) is 11.7 Å². The molecule has 0 aliphatic carbocycles. The minimum atomic E-state index is -1.25. The Labute approximate surface area is 327 Å². The van der Waals surface area contributed by atoms with Gasteiger partial charge in [-0.1, -0.05) is 0 Å².